The number of nitrogens with zero attached hydrogens (tertiary/aromatic N) is 3. The van der Waals surface area contributed by atoms with Crippen LogP contribution < -0.4 is 4.74 Å². The monoisotopic (exact) mass is 651 g/mol. The van der Waals surface area contributed by atoms with Crippen LogP contribution in [0, 0.1) is 0 Å². The third-order valence-electron chi connectivity index (χ3n) is 9.74. The standard InChI is InChI=1S/C47H29N3O/c1-3-12-33(13-4-1)45-48-46(34-14-5-2-6-15-34)50-47(49-45)41-20-10-19-40-39-18-9-17-38-37(27-28-42(43(38)39)51-44(40)41)32-24-21-31(22-25-32)36-26-23-30-11-7-8-16-35(30)29-36/h1-29H. The lowest BCUT2D eigenvalue weighted by Crippen LogP contribution is -2.03. The van der Waals surface area contributed by atoms with Crippen LogP contribution in [0.2, 0.25) is 0 Å². The molecule has 0 unspecified atom stereocenters. The summed E-state index contributed by atoms with van der Waals surface area (Å²) in [6.07, 6.45) is 0. The first-order valence-corrected chi connectivity index (χ1v) is 17.1. The molecule has 0 N–H and O–H groups in total. The van der Waals surface area contributed by atoms with Gasteiger partial charge in [0.05, 0.1) is 5.56 Å². The number of ether oxygens (including phenoxy) is 1. The topological polar surface area (TPSA) is 47.9 Å². The summed E-state index contributed by atoms with van der Waals surface area (Å²) in [7, 11) is 0. The third-order valence-corrected chi connectivity index (χ3v) is 9.74. The average molecular weight is 652 g/mol. The van der Waals surface area contributed by atoms with E-state index >= 15 is 0 Å². The smallest absolute Gasteiger partial charge is 0.167 e. The van der Waals surface area contributed by atoms with Gasteiger partial charge >= 0.3 is 0 Å². The number of hydrogen-bond donors (Lipinski definition) is 0. The lowest BCUT2D eigenvalue weighted by atomic mass is 9.89. The molecule has 8 aromatic carbocycles. The zero-order chi connectivity index (χ0) is 33.7. The molecule has 1 aliphatic rings. The number of aromatic nitrogens is 3. The molecule has 1 aliphatic heterocycles. The second-order valence-electron chi connectivity index (χ2n) is 12.8. The quantitative estimate of drug-likeness (QED) is 0.186. The maximum Gasteiger partial charge on any atom is 0.167 e. The van der Waals surface area contributed by atoms with Gasteiger partial charge in [-0.1, -0.05) is 158 Å². The van der Waals surface area contributed by atoms with Crippen LogP contribution in [0.15, 0.2) is 176 Å². The van der Waals surface area contributed by atoms with Gasteiger partial charge in [-0.25, -0.2) is 15.0 Å². The van der Waals surface area contributed by atoms with Crippen molar-refractivity contribution in [2.45, 2.75) is 0 Å². The second kappa shape index (κ2) is 11.9. The number of hydrogen-bond acceptors (Lipinski definition) is 4. The van der Waals surface area contributed by atoms with Gasteiger partial charge in [0.25, 0.3) is 0 Å². The largest absolute Gasteiger partial charge is 0.455 e. The van der Waals surface area contributed by atoms with Crippen LogP contribution in [0.1, 0.15) is 0 Å². The van der Waals surface area contributed by atoms with Gasteiger partial charge < -0.3 is 4.74 Å². The zero-order valence-corrected chi connectivity index (χ0v) is 27.5. The fraction of sp³-hybridized carbons (Fsp3) is 0. The van der Waals surface area contributed by atoms with E-state index in [1.54, 1.807) is 0 Å². The van der Waals surface area contributed by atoms with E-state index in [4.69, 9.17) is 19.7 Å². The predicted molar refractivity (Wildman–Crippen MR) is 208 cm³/mol. The summed E-state index contributed by atoms with van der Waals surface area (Å²) in [5, 5.41) is 4.75. The first kappa shape index (κ1) is 29.0. The highest BCUT2D eigenvalue weighted by Gasteiger charge is 2.26. The van der Waals surface area contributed by atoms with Crippen LogP contribution >= 0.6 is 0 Å². The van der Waals surface area contributed by atoms with Crippen LogP contribution in [-0.4, -0.2) is 15.0 Å². The van der Waals surface area contributed by atoms with Gasteiger partial charge in [-0.15, -0.1) is 0 Å². The fourth-order valence-electron chi connectivity index (χ4n) is 7.22. The highest BCUT2D eigenvalue weighted by atomic mass is 16.5. The Hall–Kier alpha value is -6.91. The summed E-state index contributed by atoms with van der Waals surface area (Å²) in [6, 6.07) is 61.1. The van der Waals surface area contributed by atoms with Crippen molar-refractivity contribution >= 4 is 21.5 Å². The first-order valence-electron chi connectivity index (χ1n) is 17.1. The van der Waals surface area contributed by atoms with Crippen LogP contribution in [-0.2, 0) is 0 Å². The highest BCUT2D eigenvalue weighted by molar-refractivity contribution is 6.10. The Labute approximate surface area is 295 Å². The number of benzene rings is 8. The maximum atomic E-state index is 6.83. The second-order valence-corrected chi connectivity index (χ2v) is 12.8. The Kier molecular flexibility index (Phi) is 6.78. The lowest BCUT2D eigenvalue weighted by Gasteiger charge is -2.24. The summed E-state index contributed by atoms with van der Waals surface area (Å²) < 4.78 is 6.83. The lowest BCUT2D eigenvalue weighted by molar-refractivity contribution is 0.488. The van der Waals surface area contributed by atoms with Crippen molar-refractivity contribution in [2.24, 2.45) is 0 Å². The third kappa shape index (κ3) is 5.04. The summed E-state index contributed by atoms with van der Waals surface area (Å²) in [4.78, 5) is 14.9. The maximum absolute atomic E-state index is 6.83. The van der Waals surface area contributed by atoms with Crippen molar-refractivity contribution in [2.75, 3.05) is 0 Å². The molecular formula is C47H29N3O. The van der Waals surface area contributed by atoms with Crippen LogP contribution in [0.3, 0.4) is 0 Å². The van der Waals surface area contributed by atoms with E-state index in [0.29, 0.717) is 17.5 Å². The number of rotatable bonds is 5. The van der Waals surface area contributed by atoms with Crippen LogP contribution in [0.5, 0.6) is 11.5 Å². The van der Waals surface area contributed by atoms with Crippen molar-refractivity contribution < 1.29 is 4.74 Å². The SMILES string of the molecule is c1ccc(-c2nc(-c3ccccc3)nc(-c3cccc4c3Oc3ccc(-c5ccc(-c6ccc7ccccc7c6)cc5)c5cccc-4c35)n2)cc1. The van der Waals surface area contributed by atoms with Crippen molar-refractivity contribution in [1.29, 1.82) is 0 Å². The Bertz CT molecular complexity index is 2700. The average Bonchev–Trinajstić information content (AvgIpc) is 3.21. The molecule has 1 aromatic heterocycles. The Morgan fingerprint density at radius 2 is 0.922 bits per heavy atom. The van der Waals surface area contributed by atoms with E-state index < -0.39 is 0 Å². The molecule has 2 heterocycles. The Morgan fingerprint density at radius 3 is 1.67 bits per heavy atom. The normalized spacial score (nSPS) is 11.7. The van der Waals surface area contributed by atoms with E-state index in [-0.39, 0.29) is 0 Å². The van der Waals surface area contributed by atoms with Gasteiger partial charge in [-0.3, -0.25) is 0 Å². The minimum atomic E-state index is 0.568. The van der Waals surface area contributed by atoms with E-state index in [0.717, 1.165) is 55.7 Å². The first-order chi connectivity index (χ1) is 25.3. The molecule has 4 nitrogen and oxygen atoms in total. The minimum Gasteiger partial charge on any atom is -0.455 e. The summed E-state index contributed by atoms with van der Waals surface area (Å²) >= 11 is 0. The molecule has 238 valence electrons. The van der Waals surface area contributed by atoms with Crippen LogP contribution in [0.4, 0.5) is 0 Å². The van der Waals surface area contributed by atoms with Gasteiger partial charge in [0.1, 0.15) is 11.5 Å². The van der Waals surface area contributed by atoms with Gasteiger partial charge in [0.2, 0.25) is 0 Å². The van der Waals surface area contributed by atoms with Crippen molar-refractivity contribution in [3.05, 3.63) is 176 Å². The summed E-state index contributed by atoms with van der Waals surface area (Å²) in [5.41, 5.74) is 9.55. The highest BCUT2D eigenvalue weighted by Crippen LogP contribution is 2.51. The molecule has 0 spiro atoms. The molecule has 0 amide bonds. The number of fused-ring (bicyclic) bond motifs is 3. The molecule has 0 atom stereocenters. The Morgan fingerprint density at radius 1 is 0.333 bits per heavy atom. The van der Waals surface area contributed by atoms with E-state index in [2.05, 4.69) is 109 Å². The van der Waals surface area contributed by atoms with Crippen molar-refractivity contribution in [3.8, 4) is 79.0 Å². The fourth-order valence-corrected chi connectivity index (χ4v) is 7.22. The van der Waals surface area contributed by atoms with Gasteiger partial charge in [-0.05, 0) is 62.2 Å². The van der Waals surface area contributed by atoms with Gasteiger partial charge in [-0.2, -0.15) is 0 Å². The summed E-state index contributed by atoms with van der Waals surface area (Å²) in [6.45, 7) is 0. The van der Waals surface area contributed by atoms with Crippen LogP contribution in [0.25, 0.3) is 89.1 Å². The molecule has 51 heavy (non-hydrogen) atoms. The zero-order valence-electron chi connectivity index (χ0n) is 27.5. The summed E-state index contributed by atoms with van der Waals surface area (Å²) in [5.74, 6) is 3.36. The van der Waals surface area contributed by atoms with Gasteiger partial charge in [0.15, 0.2) is 17.5 Å². The molecule has 0 fully saturated rings. The van der Waals surface area contributed by atoms with E-state index in [9.17, 15) is 0 Å². The van der Waals surface area contributed by atoms with E-state index in [1.165, 1.54) is 27.5 Å². The molecule has 0 bridgehead atoms. The van der Waals surface area contributed by atoms with E-state index in [1.807, 2.05) is 66.7 Å². The molecule has 9 aromatic rings. The van der Waals surface area contributed by atoms with Gasteiger partial charge in [0, 0.05) is 22.1 Å². The Balaban J connectivity index is 1.07. The number of para-hydroxylation sites is 1. The van der Waals surface area contributed by atoms with Crippen molar-refractivity contribution in [3.63, 3.8) is 0 Å². The molecular weight excluding hydrogens is 623 g/mol. The minimum absolute atomic E-state index is 0.568. The molecule has 0 saturated heterocycles. The molecule has 0 radical (unpaired) electrons. The molecule has 0 saturated carbocycles. The molecule has 10 rings (SSSR count). The molecule has 0 aliphatic carbocycles. The predicted octanol–water partition coefficient (Wildman–Crippen LogP) is 12.3. The van der Waals surface area contributed by atoms with Crippen molar-refractivity contribution in [1.82, 2.24) is 15.0 Å². The molecule has 4 heteroatoms.